The van der Waals surface area contributed by atoms with E-state index in [4.69, 9.17) is 4.74 Å². The van der Waals surface area contributed by atoms with Crippen molar-refractivity contribution in [3.63, 3.8) is 0 Å². The van der Waals surface area contributed by atoms with Gasteiger partial charge in [0.15, 0.2) is 5.03 Å². The van der Waals surface area contributed by atoms with Crippen LogP contribution in [0.4, 0.5) is 0 Å². The molecule has 0 unspecified atom stereocenters. The standard InChI is InChI=1S/C12H22N4O3S/c1-13-7-11-8-14-15-12(11)20(17,18)16(2)5-6-19-9-10-3-4-10/h8,10,13H,3-7,9H2,1-2H3,(H,14,15). The van der Waals surface area contributed by atoms with E-state index >= 15 is 0 Å². The summed E-state index contributed by atoms with van der Waals surface area (Å²) in [6.45, 7) is 1.95. The fourth-order valence-corrected chi connectivity index (χ4v) is 3.09. The van der Waals surface area contributed by atoms with E-state index in [0.29, 0.717) is 31.2 Å². The summed E-state index contributed by atoms with van der Waals surface area (Å²) in [4.78, 5) is 0. The number of hydrogen-bond acceptors (Lipinski definition) is 5. The van der Waals surface area contributed by atoms with E-state index in [1.54, 1.807) is 14.1 Å². The Morgan fingerprint density at radius 3 is 2.95 bits per heavy atom. The Bertz CT molecular complexity index is 525. The van der Waals surface area contributed by atoms with Crippen molar-refractivity contribution >= 4 is 10.0 Å². The molecule has 1 aliphatic rings. The first-order chi connectivity index (χ1) is 9.55. The molecule has 20 heavy (non-hydrogen) atoms. The molecule has 2 N–H and O–H groups in total. The lowest BCUT2D eigenvalue weighted by atomic mass is 10.4. The van der Waals surface area contributed by atoms with E-state index in [-0.39, 0.29) is 5.03 Å². The molecule has 0 amide bonds. The molecule has 1 saturated carbocycles. The molecular formula is C12H22N4O3S. The van der Waals surface area contributed by atoms with Gasteiger partial charge in [0.25, 0.3) is 10.0 Å². The van der Waals surface area contributed by atoms with Crippen LogP contribution in [-0.4, -0.2) is 56.8 Å². The molecule has 1 fully saturated rings. The number of likely N-dealkylation sites (N-methyl/N-ethyl adjacent to an activating group) is 1. The van der Waals surface area contributed by atoms with Crippen LogP contribution in [0.15, 0.2) is 11.2 Å². The van der Waals surface area contributed by atoms with Gasteiger partial charge in [-0.15, -0.1) is 0 Å². The third-order valence-electron chi connectivity index (χ3n) is 3.31. The van der Waals surface area contributed by atoms with Crippen molar-refractivity contribution in [2.24, 2.45) is 5.92 Å². The summed E-state index contributed by atoms with van der Waals surface area (Å²) in [5, 5.41) is 9.46. The zero-order valence-electron chi connectivity index (χ0n) is 11.9. The van der Waals surface area contributed by atoms with Gasteiger partial charge in [0.05, 0.1) is 12.8 Å². The fourth-order valence-electron chi connectivity index (χ4n) is 1.84. The molecule has 7 nitrogen and oxygen atoms in total. The summed E-state index contributed by atoms with van der Waals surface area (Å²) in [6, 6.07) is 0. The Kier molecular flexibility index (Phi) is 5.14. The third kappa shape index (κ3) is 3.78. The Morgan fingerprint density at radius 1 is 1.55 bits per heavy atom. The van der Waals surface area contributed by atoms with Crippen molar-refractivity contribution in [2.45, 2.75) is 24.4 Å². The van der Waals surface area contributed by atoms with Gasteiger partial charge in [-0.3, -0.25) is 5.10 Å². The summed E-state index contributed by atoms with van der Waals surface area (Å²) in [7, 11) is -0.220. The number of ether oxygens (including phenoxy) is 1. The highest BCUT2D eigenvalue weighted by Gasteiger charge is 2.26. The molecule has 0 atom stereocenters. The van der Waals surface area contributed by atoms with Gasteiger partial charge >= 0.3 is 0 Å². The lowest BCUT2D eigenvalue weighted by Gasteiger charge is -2.17. The second-order valence-corrected chi connectivity index (χ2v) is 7.08. The molecule has 2 rings (SSSR count). The first-order valence-electron chi connectivity index (χ1n) is 6.76. The van der Waals surface area contributed by atoms with E-state index in [1.807, 2.05) is 0 Å². The molecule has 1 heterocycles. The van der Waals surface area contributed by atoms with Crippen LogP contribution in [0.25, 0.3) is 0 Å². The van der Waals surface area contributed by atoms with E-state index in [9.17, 15) is 8.42 Å². The van der Waals surface area contributed by atoms with E-state index in [2.05, 4.69) is 15.5 Å². The number of nitrogens with zero attached hydrogens (tertiary/aromatic N) is 2. The predicted octanol–water partition coefficient (Wildman–Crippen LogP) is 0.176. The minimum Gasteiger partial charge on any atom is -0.380 e. The second-order valence-electron chi connectivity index (χ2n) is 5.10. The largest absolute Gasteiger partial charge is 0.380 e. The topological polar surface area (TPSA) is 87.3 Å². The predicted molar refractivity (Wildman–Crippen MR) is 74.7 cm³/mol. The molecular weight excluding hydrogens is 280 g/mol. The minimum atomic E-state index is -3.54. The molecule has 8 heteroatoms. The fraction of sp³-hybridized carbons (Fsp3) is 0.750. The highest BCUT2D eigenvalue weighted by Crippen LogP contribution is 2.28. The van der Waals surface area contributed by atoms with Crippen LogP contribution in [0.1, 0.15) is 18.4 Å². The normalized spacial score (nSPS) is 15.9. The van der Waals surface area contributed by atoms with Gasteiger partial charge in [0.1, 0.15) is 0 Å². The second kappa shape index (κ2) is 6.66. The van der Waals surface area contributed by atoms with Gasteiger partial charge in [0.2, 0.25) is 0 Å². The minimum absolute atomic E-state index is 0.150. The molecule has 0 saturated heterocycles. The molecule has 0 spiro atoms. The van der Waals surface area contributed by atoms with Crippen molar-refractivity contribution in [3.05, 3.63) is 11.8 Å². The summed E-state index contributed by atoms with van der Waals surface area (Å²) in [5.41, 5.74) is 0.637. The maximum atomic E-state index is 12.4. The zero-order valence-corrected chi connectivity index (χ0v) is 12.7. The Hall–Kier alpha value is -0.960. The van der Waals surface area contributed by atoms with Gasteiger partial charge in [0, 0.05) is 32.3 Å². The van der Waals surface area contributed by atoms with E-state index in [1.165, 1.54) is 23.3 Å². The Labute approximate surface area is 119 Å². The quantitative estimate of drug-likeness (QED) is 0.635. The molecule has 0 aliphatic heterocycles. The van der Waals surface area contributed by atoms with Gasteiger partial charge < -0.3 is 10.1 Å². The molecule has 1 aromatic heterocycles. The van der Waals surface area contributed by atoms with Crippen LogP contribution >= 0.6 is 0 Å². The van der Waals surface area contributed by atoms with Crippen molar-refractivity contribution < 1.29 is 13.2 Å². The number of hydrogen-bond donors (Lipinski definition) is 2. The molecule has 0 aromatic carbocycles. The van der Waals surface area contributed by atoms with E-state index in [0.717, 1.165) is 6.61 Å². The molecule has 1 aromatic rings. The molecule has 0 radical (unpaired) electrons. The Morgan fingerprint density at radius 2 is 2.30 bits per heavy atom. The van der Waals surface area contributed by atoms with Gasteiger partial charge in [-0.25, -0.2) is 8.42 Å². The number of H-pyrrole nitrogens is 1. The first-order valence-corrected chi connectivity index (χ1v) is 8.20. The van der Waals surface area contributed by atoms with Crippen LogP contribution in [0, 0.1) is 5.92 Å². The third-order valence-corrected chi connectivity index (χ3v) is 5.19. The number of rotatable bonds is 9. The van der Waals surface area contributed by atoms with Crippen molar-refractivity contribution in [3.8, 4) is 0 Å². The van der Waals surface area contributed by atoms with Gasteiger partial charge in [-0.05, 0) is 25.8 Å². The maximum Gasteiger partial charge on any atom is 0.260 e. The monoisotopic (exact) mass is 302 g/mol. The average molecular weight is 302 g/mol. The highest BCUT2D eigenvalue weighted by molar-refractivity contribution is 7.89. The number of nitrogens with one attached hydrogen (secondary N) is 2. The Balaban J connectivity index is 1.91. The van der Waals surface area contributed by atoms with Crippen molar-refractivity contribution in [1.82, 2.24) is 19.8 Å². The molecule has 1 aliphatic carbocycles. The van der Waals surface area contributed by atoms with Crippen molar-refractivity contribution in [1.29, 1.82) is 0 Å². The summed E-state index contributed by atoms with van der Waals surface area (Å²) < 4.78 is 31.6. The summed E-state index contributed by atoms with van der Waals surface area (Å²) in [5.74, 6) is 0.687. The van der Waals surface area contributed by atoms with Crippen LogP contribution in [0.3, 0.4) is 0 Å². The molecule has 114 valence electrons. The van der Waals surface area contributed by atoms with Gasteiger partial charge in [-0.2, -0.15) is 9.40 Å². The smallest absolute Gasteiger partial charge is 0.260 e. The summed E-state index contributed by atoms with van der Waals surface area (Å²) in [6.07, 6.45) is 3.99. The maximum absolute atomic E-state index is 12.4. The number of sulfonamides is 1. The van der Waals surface area contributed by atoms with Crippen LogP contribution in [0.5, 0.6) is 0 Å². The zero-order chi connectivity index (χ0) is 14.6. The van der Waals surface area contributed by atoms with Crippen molar-refractivity contribution in [2.75, 3.05) is 33.9 Å². The van der Waals surface area contributed by atoms with Crippen LogP contribution in [0.2, 0.25) is 0 Å². The van der Waals surface area contributed by atoms with Crippen LogP contribution < -0.4 is 5.32 Å². The van der Waals surface area contributed by atoms with Crippen LogP contribution in [-0.2, 0) is 21.3 Å². The van der Waals surface area contributed by atoms with Gasteiger partial charge in [-0.1, -0.05) is 0 Å². The molecule has 0 bridgehead atoms. The summed E-state index contributed by atoms with van der Waals surface area (Å²) >= 11 is 0. The lowest BCUT2D eigenvalue weighted by Crippen LogP contribution is -2.31. The van der Waals surface area contributed by atoms with E-state index < -0.39 is 10.0 Å². The number of aromatic nitrogens is 2. The average Bonchev–Trinajstić information content (AvgIpc) is 3.12. The lowest BCUT2D eigenvalue weighted by molar-refractivity contribution is 0.117. The first kappa shape index (κ1) is 15.4. The number of aromatic amines is 1. The highest BCUT2D eigenvalue weighted by atomic mass is 32.2. The SMILES string of the molecule is CNCc1cn[nH]c1S(=O)(=O)N(C)CCOCC1CC1.